The maximum atomic E-state index is 5.91. The summed E-state index contributed by atoms with van der Waals surface area (Å²) in [7, 11) is 0. The van der Waals surface area contributed by atoms with Crippen molar-refractivity contribution < 1.29 is 4.42 Å². The number of hydrogen-bond donors (Lipinski definition) is 0. The van der Waals surface area contributed by atoms with E-state index < -0.39 is 0 Å². The number of hydrogen-bond acceptors (Lipinski definition) is 2. The second kappa shape index (κ2) is 3.39. The standard InChI is InChI=1S/C12H9ClN2O/c1-8-2-3-11(16-8)12-14-7-10-6-9(13)4-5-15(10)12/h2-7H,1H3. The van der Waals surface area contributed by atoms with Gasteiger partial charge >= 0.3 is 0 Å². The first-order valence-corrected chi connectivity index (χ1v) is 5.31. The van der Waals surface area contributed by atoms with Gasteiger partial charge in [0.1, 0.15) is 5.76 Å². The van der Waals surface area contributed by atoms with Gasteiger partial charge in [0, 0.05) is 11.2 Å². The monoisotopic (exact) mass is 232 g/mol. The Bertz CT molecular complexity index is 654. The van der Waals surface area contributed by atoms with Crippen LogP contribution in [-0.4, -0.2) is 9.38 Å². The third-order valence-electron chi connectivity index (χ3n) is 2.45. The molecule has 0 saturated carbocycles. The minimum absolute atomic E-state index is 0.703. The second-order valence-electron chi connectivity index (χ2n) is 3.63. The number of fused-ring (bicyclic) bond motifs is 1. The summed E-state index contributed by atoms with van der Waals surface area (Å²) in [5.74, 6) is 2.43. The minimum Gasteiger partial charge on any atom is -0.458 e. The molecule has 0 amide bonds. The number of nitrogens with zero attached hydrogens (tertiary/aromatic N) is 2. The van der Waals surface area contributed by atoms with Crippen molar-refractivity contribution in [1.82, 2.24) is 9.38 Å². The van der Waals surface area contributed by atoms with Gasteiger partial charge in [-0.3, -0.25) is 4.40 Å². The number of aromatic nitrogens is 2. The van der Waals surface area contributed by atoms with Gasteiger partial charge in [0.05, 0.1) is 11.7 Å². The maximum absolute atomic E-state index is 5.91. The van der Waals surface area contributed by atoms with Crippen LogP contribution in [0, 0.1) is 6.92 Å². The van der Waals surface area contributed by atoms with Crippen molar-refractivity contribution in [3.05, 3.63) is 47.4 Å². The molecule has 3 aromatic heterocycles. The van der Waals surface area contributed by atoms with E-state index in [4.69, 9.17) is 16.0 Å². The highest BCUT2D eigenvalue weighted by atomic mass is 35.5. The summed E-state index contributed by atoms with van der Waals surface area (Å²) < 4.78 is 7.50. The SMILES string of the molecule is Cc1ccc(-c2ncc3cc(Cl)ccn23)o1. The molecular weight excluding hydrogens is 224 g/mol. The molecule has 0 N–H and O–H groups in total. The largest absolute Gasteiger partial charge is 0.458 e. The first-order valence-electron chi connectivity index (χ1n) is 4.93. The highest BCUT2D eigenvalue weighted by Crippen LogP contribution is 2.23. The number of rotatable bonds is 1. The van der Waals surface area contributed by atoms with E-state index in [0.29, 0.717) is 5.02 Å². The van der Waals surface area contributed by atoms with Crippen molar-refractivity contribution in [3.63, 3.8) is 0 Å². The zero-order valence-electron chi connectivity index (χ0n) is 8.64. The van der Waals surface area contributed by atoms with Crippen LogP contribution >= 0.6 is 11.6 Å². The van der Waals surface area contributed by atoms with E-state index in [2.05, 4.69) is 4.98 Å². The Morgan fingerprint density at radius 3 is 2.94 bits per heavy atom. The van der Waals surface area contributed by atoms with E-state index >= 15 is 0 Å². The number of halogens is 1. The lowest BCUT2D eigenvalue weighted by Crippen LogP contribution is -1.86. The van der Waals surface area contributed by atoms with Crippen LogP contribution in [0.3, 0.4) is 0 Å². The topological polar surface area (TPSA) is 30.4 Å². The van der Waals surface area contributed by atoms with Crippen molar-refractivity contribution in [2.45, 2.75) is 6.92 Å². The normalized spacial score (nSPS) is 11.1. The summed E-state index contributed by atoms with van der Waals surface area (Å²) in [5, 5.41) is 0.703. The Balaban J connectivity index is 2.25. The molecule has 0 radical (unpaired) electrons. The summed E-state index contributed by atoms with van der Waals surface area (Å²) >= 11 is 5.91. The van der Waals surface area contributed by atoms with E-state index in [1.165, 1.54) is 0 Å². The molecule has 0 aromatic carbocycles. The molecule has 0 aliphatic heterocycles. The third-order valence-corrected chi connectivity index (χ3v) is 2.69. The highest BCUT2D eigenvalue weighted by Gasteiger charge is 2.09. The molecule has 3 nitrogen and oxygen atoms in total. The van der Waals surface area contributed by atoms with Crippen molar-refractivity contribution in [1.29, 1.82) is 0 Å². The molecule has 0 aliphatic rings. The fourth-order valence-electron chi connectivity index (χ4n) is 1.71. The van der Waals surface area contributed by atoms with Crippen LogP contribution < -0.4 is 0 Å². The first-order chi connectivity index (χ1) is 7.74. The van der Waals surface area contributed by atoms with Gasteiger partial charge in [0.25, 0.3) is 0 Å². The Morgan fingerprint density at radius 1 is 1.31 bits per heavy atom. The molecule has 0 atom stereocenters. The summed E-state index contributed by atoms with van der Waals surface area (Å²) in [6.45, 7) is 1.91. The molecule has 3 rings (SSSR count). The number of aryl methyl sites for hydroxylation is 1. The fraction of sp³-hybridized carbons (Fsp3) is 0.0833. The van der Waals surface area contributed by atoms with Gasteiger partial charge in [0.2, 0.25) is 0 Å². The van der Waals surface area contributed by atoms with Gasteiger partial charge in [-0.25, -0.2) is 4.98 Å². The lowest BCUT2D eigenvalue weighted by molar-refractivity contribution is 0.544. The molecule has 0 spiro atoms. The number of pyridine rings is 1. The molecule has 0 aliphatic carbocycles. The van der Waals surface area contributed by atoms with Crippen LogP contribution in [0.2, 0.25) is 5.02 Å². The van der Waals surface area contributed by atoms with Gasteiger partial charge in [-0.15, -0.1) is 0 Å². The van der Waals surface area contributed by atoms with Gasteiger partial charge in [0.15, 0.2) is 11.6 Å². The van der Waals surface area contributed by atoms with Crippen molar-refractivity contribution in [2.75, 3.05) is 0 Å². The molecule has 0 unspecified atom stereocenters. The zero-order valence-corrected chi connectivity index (χ0v) is 9.40. The predicted molar refractivity (Wildman–Crippen MR) is 62.6 cm³/mol. The molecule has 0 fully saturated rings. The lowest BCUT2D eigenvalue weighted by atomic mass is 10.4. The first kappa shape index (κ1) is 9.48. The summed E-state index contributed by atoms with van der Waals surface area (Å²) in [6, 6.07) is 7.54. The third kappa shape index (κ3) is 1.41. The number of furan rings is 1. The summed E-state index contributed by atoms with van der Waals surface area (Å²) in [6.07, 6.45) is 3.66. The van der Waals surface area contributed by atoms with Crippen LogP contribution in [0.1, 0.15) is 5.76 Å². The highest BCUT2D eigenvalue weighted by molar-refractivity contribution is 6.30. The molecule has 0 bridgehead atoms. The fourth-order valence-corrected chi connectivity index (χ4v) is 1.88. The minimum atomic E-state index is 0.703. The molecule has 3 aromatic rings. The quantitative estimate of drug-likeness (QED) is 0.642. The van der Waals surface area contributed by atoms with Gasteiger partial charge in [-0.1, -0.05) is 11.6 Å². The average Bonchev–Trinajstić information content (AvgIpc) is 2.83. The van der Waals surface area contributed by atoms with Crippen LogP contribution in [-0.2, 0) is 0 Å². The zero-order chi connectivity index (χ0) is 11.1. The Hall–Kier alpha value is -1.74. The van der Waals surface area contributed by atoms with Crippen LogP contribution in [0.25, 0.3) is 17.1 Å². The molecule has 4 heteroatoms. The van der Waals surface area contributed by atoms with Crippen LogP contribution in [0.15, 0.2) is 41.1 Å². The van der Waals surface area contributed by atoms with E-state index in [9.17, 15) is 0 Å². The Kier molecular flexibility index (Phi) is 2.01. The van der Waals surface area contributed by atoms with Crippen molar-refractivity contribution in [3.8, 4) is 11.6 Å². The smallest absolute Gasteiger partial charge is 0.180 e. The molecule has 0 saturated heterocycles. The Labute approximate surface area is 97.3 Å². The molecule has 16 heavy (non-hydrogen) atoms. The summed E-state index contributed by atoms with van der Waals surface area (Å²) in [4.78, 5) is 4.33. The van der Waals surface area contributed by atoms with Gasteiger partial charge in [-0.05, 0) is 31.2 Å². The van der Waals surface area contributed by atoms with Crippen molar-refractivity contribution in [2.24, 2.45) is 0 Å². The van der Waals surface area contributed by atoms with E-state index in [1.807, 2.05) is 41.8 Å². The van der Waals surface area contributed by atoms with Crippen LogP contribution in [0.4, 0.5) is 0 Å². The van der Waals surface area contributed by atoms with E-state index in [-0.39, 0.29) is 0 Å². The molecule has 3 heterocycles. The molecular formula is C12H9ClN2O. The lowest BCUT2D eigenvalue weighted by Gasteiger charge is -1.98. The predicted octanol–water partition coefficient (Wildman–Crippen LogP) is 3.56. The summed E-state index contributed by atoms with van der Waals surface area (Å²) in [5.41, 5.74) is 0.955. The number of imidazole rings is 1. The second-order valence-corrected chi connectivity index (χ2v) is 4.07. The Morgan fingerprint density at radius 2 is 2.19 bits per heavy atom. The van der Waals surface area contributed by atoms with Crippen molar-refractivity contribution >= 4 is 17.1 Å². The van der Waals surface area contributed by atoms with Gasteiger partial charge < -0.3 is 4.42 Å². The van der Waals surface area contributed by atoms with Crippen LogP contribution in [0.5, 0.6) is 0 Å². The van der Waals surface area contributed by atoms with Gasteiger partial charge in [-0.2, -0.15) is 0 Å². The molecule has 80 valence electrons. The van der Waals surface area contributed by atoms with E-state index in [0.717, 1.165) is 22.9 Å². The average molecular weight is 233 g/mol. The maximum Gasteiger partial charge on any atom is 0.180 e. The van der Waals surface area contributed by atoms with E-state index in [1.54, 1.807) is 6.20 Å².